The number of hydrogen-bond donors (Lipinski definition) is 0. The molecule has 53 valence electrons. The molecule has 0 atom stereocenters. The van der Waals surface area contributed by atoms with E-state index < -0.39 is 5.82 Å². The van der Waals surface area contributed by atoms with Gasteiger partial charge in [-0.2, -0.15) is 0 Å². The third kappa shape index (κ3) is 1.65. The molecular formula is C6H6FN2O. The maximum absolute atomic E-state index is 12.1. The highest BCUT2D eigenvalue weighted by Crippen LogP contribution is 2.00. The molecular weight excluding hydrogens is 135 g/mol. The summed E-state index contributed by atoms with van der Waals surface area (Å²) >= 11 is 0. The van der Waals surface area contributed by atoms with Gasteiger partial charge in [-0.1, -0.05) is 0 Å². The molecule has 1 aromatic heterocycles. The van der Waals surface area contributed by atoms with Crippen molar-refractivity contribution in [1.82, 2.24) is 9.97 Å². The lowest BCUT2D eigenvalue weighted by Gasteiger charge is -1.96. The predicted octanol–water partition coefficient (Wildman–Crippen LogP) is 1.18. The Balaban J connectivity index is 2.69. The minimum absolute atomic E-state index is 0.156. The number of rotatable bonds is 2. The molecule has 0 fully saturated rings. The van der Waals surface area contributed by atoms with Crippen LogP contribution in [-0.2, 0) is 0 Å². The van der Waals surface area contributed by atoms with Crippen molar-refractivity contribution in [2.24, 2.45) is 0 Å². The van der Waals surface area contributed by atoms with Crippen molar-refractivity contribution in [3.63, 3.8) is 0 Å². The Morgan fingerprint density at radius 3 is 2.60 bits per heavy atom. The van der Waals surface area contributed by atoms with Gasteiger partial charge in [0, 0.05) is 0 Å². The van der Waals surface area contributed by atoms with Crippen LogP contribution in [0.25, 0.3) is 0 Å². The minimum Gasteiger partial charge on any atom is -0.457 e. The highest BCUT2D eigenvalue weighted by molar-refractivity contribution is 4.95. The topological polar surface area (TPSA) is 35.0 Å². The van der Waals surface area contributed by atoms with Gasteiger partial charge in [0.05, 0.1) is 12.4 Å². The van der Waals surface area contributed by atoms with Crippen molar-refractivity contribution in [2.75, 3.05) is 0 Å². The fourth-order valence-corrected chi connectivity index (χ4v) is 0.467. The van der Waals surface area contributed by atoms with E-state index in [1.165, 1.54) is 6.61 Å². The van der Waals surface area contributed by atoms with Gasteiger partial charge in [-0.3, -0.25) is 0 Å². The largest absolute Gasteiger partial charge is 0.457 e. The zero-order valence-corrected chi connectivity index (χ0v) is 5.41. The van der Waals surface area contributed by atoms with E-state index in [2.05, 4.69) is 9.97 Å². The van der Waals surface area contributed by atoms with E-state index in [0.717, 1.165) is 12.4 Å². The Kier molecular flexibility index (Phi) is 2.15. The molecule has 0 aliphatic carbocycles. The van der Waals surface area contributed by atoms with Crippen molar-refractivity contribution in [1.29, 1.82) is 0 Å². The molecule has 0 saturated carbocycles. The molecule has 3 nitrogen and oxygen atoms in total. The number of nitrogens with zero attached hydrogens (tertiary/aromatic N) is 2. The first-order valence-electron chi connectivity index (χ1n) is 2.75. The van der Waals surface area contributed by atoms with E-state index in [1.807, 2.05) is 0 Å². The van der Waals surface area contributed by atoms with Gasteiger partial charge in [0.2, 0.25) is 0 Å². The van der Waals surface area contributed by atoms with Gasteiger partial charge in [0.15, 0.2) is 5.82 Å². The van der Waals surface area contributed by atoms with E-state index >= 15 is 0 Å². The lowest BCUT2D eigenvalue weighted by molar-refractivity contribution is 0.379. The molecule has 0 bridgehead atoms. The lowest BCUT2D eigenvalue weighted by Crippen LogP contribution is -1.92. The molecule has 1 aromatic rings. The van der Waals surface area contributed by atoms with Gasteiger partial charge >= 0.3 is 6.01 Å². The van der Waals surface area contributed by atoms with Crippen LogP contribution in [0.4, 0.5) is 4.39 Å². The van der Waals surface area contributed by atoms with E-state index in [0.29, 0.717) is 0 Å². The predicted molar refractivity (Wildman–Crippen MR) is 32.6 cm³/mol. The summed E-state index contributed by atoms with van der Waals surface area (Å²) in [7, 11) is 0. The zero-order valence-electron chi connectivity index (χ0n) is 5.41. The number of ether oxygens (including phenoxy) is 1. The number of hydrogen-bond acceptors (Lipinski definition) is 3. The van der Waals surface area contributed by atoms with Crippen LogP contribution >= 0.6 is 0 Å². The Morgan fingerprint density at radius 1 is 1.50 bits per heavy atom. The minimum atomic E-state index is -0.469. The number of aromatic nitrogens is 2. The highest BCUT2D eigenvalue weighted by Gasteiger charge is 1.94. The zero-order chi connectivity index (χ0) is 7.40. The third-order valence-corrected chi connectivity index (χ3v) is 0.820. The third-order valence-electron chi connectivity index (χ3n) is 0.820. The Bertz CT molecular complexity index is 199. The lowest BCUT2D eigenvalue weighted by atomic mass is 10.6. The first-order chi connectivity index (χ1) is 4.83. The van der Waals surface area contributed by atoms with Crippen molar-refractivity contribution in [3.8, 4) is 6.01 Å². The molecule has 0 saturated heterocycles. The number of halogens is 1. The van der Waals surface area contributed by atoms with Crippen molar-refractivity contribution >= 4 is 0 Å². The standard InChI is InChI=1S/C6H6FN2O/c1-2-10-6-8-3-5(7)4-9-6/h2-4H,1H3. The summed E-state index contributed by atoms with van der Waals surface area (Å²) in [5.74, 6) is -0.469. The van der Waals surface area contributed by atoms with Crippen LogP contribution in [0, 0.1) is 12.4 Å². The molecule has 0 aliphatic heterocycles. The smallest absolute Gasteiger partial charge is 0.316 e. The molecule has 0 aromatic carbocycles. The van der Waals surface area contributed by atoms with Crippen LogP contribution in [-0.4, -0.2) is 9.97 Å². The Hall–Kier alpha value is -1.19. The summed E-state index contributed by atoms with van der Waals surface area (Å²) in [6, 6.07) is 0.156. The Labute approximate surface area is 57.9 Å². The van der Waals surface area contributed by atoms with E-state index in [-0.39, 0.29) is 6.01 Å². The molecule has 1 radical (unpaired) electrons. The molecule has 0 unspecified atom stereocenters. The molecule has 4 heteroatoms. The van der Waals surface area contributed by atoms with Gasteiger partial charge in [-0.05, 0) is 6.92 Å². The first kappa shape index (κ1) is 6.92. The van der Waals surface area contributed by atoms with Crippen LogP contribution < -0.4 is 4.74 Å². The summed E-state index contributed by atoms with van der Waals surface area (Å²) in [5, 5.41) is 0. The molecule has 1 heterocycles. The van der Waals surface area contributed by atoms with Gasteiger partial charge < -0.3 is 4.74 Å². The van der Waals surface area contributed by atoms with Gasteiger partial charge in [0.25, 0.3) is 0 Å². The highest BCUT2D eigenvalue weighted by atomic mass is 19.1. The van der Waals surface area contributed by atoms with Gasteiger partial charge in [-0.15, -0.1) is 0 Å². The fraction of sp³-hybridized carbons (Fsp3) is 0.167. The van der Waals surface area contributed by atoms with Crippen LogP contribution in [0.1, 0.15) is 6.92 Å². The van der Waals surface area contributed by atoms with Gasteiger partial charge in [-0.25, -0.2) is 14.4 Å². The fourth-order valence-electron chi connectivity index (χ4n) is 0.467. The maximum Gasteiger partial charge on any atom is 0.316 e. The summed E-state index contributed by atoms with van der Waals surface area (Å²) in [4.78, 5) is 7.06. The van der Waals surface area contributed by atoms with Crippen molar-refractivity contribution in [3.05, 3.63) is 24.8 Å². The summed E-state index contributed by atoms with van der Waals surface area (Å²) in [6.07, 6.45) is 2.09. The van der Waals surface area contributed by atoms with Crippen LogP contribution in [0.15, 0.2) is 12.4 Å². The molecule has 0 aliphatic rings. The quantitative estimate of drug-likeness (QED) is 0.620. The molecule has 0 spiro atoms. The first-order valence-corrected chi connectivity index (χ1v) is 2.75. The van der Waals surface area contributed by atoms with Crippen LogP contribution in [0.2, 0.25) is 0 Å². The summed E-state index contributed by atoms with van der Waals surface area (Å²) < 4.78 is 16.9. The SMILES string of the molecule is C[CH]Oc1ncc(F)cn1. The van der Waals surface area contributed by atoms with Crippen LogP contribution in [0.3, 0.4) is 0 Å². The second-order valence-corrected chi connectivity index (χ2v) is 1.54. The van der Waals surface area contributed by atoms with Gasteiger partial charge in [0.1, 0.15) is 6.61 Å². The second-order valence-electron chi connectivity index (χ2n) is 1.54. The molecule has 0 amide bonds. The van der Waals surface area contributed by atoms with Crippen molar-refractivity contribution in [2.45, 2.75) is 6.92 Å². The normalized spacial score (nSPS) is 9.40. The monoisotopic (exact) mass is 141 g/mol. The van der Waals surface area contributed by atoms with Crippen molar-refractivity contribution < 1.29 is 9.13 Å². The summed E-state index contributed by atoms with van der Waals surface area (Å²) in [5.41, 5.74) is 0. The molecule has 0 N–H and O–H groups in total. The average molecular weight is 141 g/mol. The molecule has 10 heavy (non-hydrogen) atoms. The molecule has 1 rings (SSSR count). The summed E-state index contributed by atoms with van der Waals surface area (Å²) in [6.45, 7) is 3.11. The van der Waals surface area contributed by atoms with E-state index in [9.17, 15) is 4.39 Å². The van der Waals surface area contributed by atoms with E-state index in [4.69, 9.17) is 4.74 Å². The maximum atomic E-state index is 12.1. The second kappa shape index (κ2) is 3.10. The Morgan fingerprint density at radius 2 is 2.10 bits per heavy atom. The average Bonchev–Trinajstić information content (AvgIpc) is 1.95. The van der Waals surface area contributed by atoms with Crippen LogP contribution in [0.5, 0.6) is 6.01 Å². The van der Waals surface area contributed by atoms with E-state index in [1.54, 1.807) is 6.92 Å².